The van der Waals surface area contributed by atoms with Crippen molar-refractivity contribution in [3.63, 3.8) is 0 Å². The molecule has 0 saturated heterocycles. The third-order valence-corrected chi connectivity index (χ3v) is 4.22. The van der Waals surface area contributed by atoms with E-state index in [4.69, 9.17) is 0 Å². The number of amides is 2. The number of aromatic nitrogens is 2. The molecule has 0 atom stereocenters. The lowest BCUT2D eigenvalue weighted by Crippen LogP contribution is -2.33. The number of halogens is 3. The van der Waals surface area contributed by atoms with Gasteiger partial charge in [0.25, 0.3) is 5.91 Å². The van der Waals surface area contributed by atoms with Gasteiger partial charge in [0.2, 0.25) is 5.91 Å². The number of carbonyl (C=O) groups excluding carboxylic acids is 2. The van der Waals surface area contributed by atoms with Gasteiger partial charge in [-0.15, -0.1) is 0 Å². The van der Waals surface area contributed by atoms with Gasteiger partial charge in [0, 0.05) is 29.6 Å². The molecule has 6 nitrogen and oxygen atoms in total. The fourth-order valence-electron chi connectivity index (χ4n) is 2.61. The van der Waals surface area contributed by atoms with Gasteiger partial charge in [-0.2, -0.15) is 18.3 Å². The number of nitrogens with zero attached hydrogens (tertiary/aromatic N) is 2. The van der Waals surface area contributed by atoms with E-state index in [1.54, 1.807) is 24.7 Å². The van der Waals surface area contributed by atoms with E-state index in [-0.39, 0.29) is 17.9 Å². The highest BCUT2D eigenvalue weighted by atomic mass is 19.4. The Bertz CT molecular complexity index is 872. The van der Waals surface area contributed by atoms with Crippen LogP contribution in [-0.4, -0.2) is 34.3 Å². The lowest BCUT2D eigenvalue weighted by atomic mass is 10.1. The first-order valence-corrected chi connectivity index (χ1v) is 8.22. The van der Waals surface area contributed by atoms with Gasteiger partial charge in [-0.1, -0.05) is 6.07 Å². The zero-order valence-corrected chi connectivity index (χ0v) is 15.5. The van der Waals surface area contributed by atoms with Crippen LogP contribution in [0.15, 0.2) is 18.2 Å². The highest BCUT2D eigenvalue weighted by Gasteiger charge is 2.28. The normalized spacial score (nSPS) is 11.4. The molecule has 0 aliphatic heterocycles. The second-order valence-corrected chi connectivity index (χ2v) is 6.33. The first-order chi connectivity index (χ1) is 12.5. The Morgan fingerprint density at radius 3 is 2.41 bits per heavy atom. The molecule has 1 aromatic heterocycles. The molecule has 2 rings (SSSR count). The van der Waals surface area contributed by atoms with Gasteiger partial charge >= 0.3 is 6.18 Å². The van der Waals surface area contributed by atoms with Gasteiger partial charge in [0.1, 0.15) is 6.54 Å². The monoisotopic (exact) mass is 382 g/mol. The number of nitrogens with one attached hydrogen (secondary N) is 2. The number of alkyl halides is 3. The molecule has 0 fully saturated rings. The van der Waals surface area contributed by atoms with E-state index < -0.39 is 18.6 Å². The highest BCUT2D eigenvalue weighted by Crippen LogP contribution is 2.19. The fourth-order valence-corrected chi connectivity index (χ4v) is 2.61. The van der Waals surface area contributed by atoms with Gasteiger partial charge in [0.05, 0.1) is 12.1 Å². The number of rotatable bonds is 5. The van der Waals surface area contributed by atoms with Crippen LogP contribution in [0.4, 0.5) is 18.9 Å². The summed E-state index contributed by atoms with van der Waals surface area (Å²) in [6.45, 7) is 3.99. The van der Waals surface area contributed by atoms with Crippen molar-refractivity contribution in [1.29, 1.82) is 0 Å². The first kappa shape index (κ1) is 20.5. The summed E-state index contributed by atoms with van der Waals surface area (Å²) >= 11 is 0. The van der Waals surface area contributed by atoms with Crippen molar-refractivity contribution in [3.05, 3.63) is 46.3 Å². The van der Waals surface area contributed by atoms with E-state index in [1.807, 2.05) is 19.2 Å². The van der Waals surface area contributed by atoms with E-state index in [9.17, 15) is 22.8 Å². The van der Waals surface area contributed by atoms with Crippen LogP contribution in [0, 0.1) is 20.8 Å². The molecule has 2 N–H and O–H groups in total. The summed E-state index contributed by atoms with van der Waals surface area (Å²) in [4.78, 5) is 24.3. The Kier molecular flexibility index (Phi) is 5.92. The summed E-state index contributed by atoms with van der Waals surface area (Å²) in [6, 6.07) is 4.34. The van der Waals surface area contributed by atoms with Gasteiger partial charge in [-0.3, -0.25) is 14.3 Å². The number of aryl methyl sites for hydroxylation is 3. The lowest BCUT2D eigenvalue weighted by molar-refractivity contribution is -0.123. The van der Waals surface area contributed by atoms with Crippen LogP contribution in [0.2, 0.25) is 0 Å². The standard InChI is InChI=1S/C18H21F3N4O2/c1-10-5-6-13(17(27)22-9-18(19,20)21)7-15(10)23-16(26)8-14-11(2)24-25(4)12(14)3/h5-7H,8-9H2,1-4H3,(H,22,27)(H,23,26). The van der Waals surface area contributed by atoms with Crippen molar-refractivity contribution in [3.8, 4) is 0 Å². The van der Waals surface area contributed by atoms with Crippen molar-refractivity contribution in [2.24, 2.45) is 7.05 Å². The van der Waals surface area contributed by atoms with Crippen LogP contribution in [0.1, 0.15) is 32.9 Å². The van der Waals surface area contributed by atoms with Crippen LogP contribution < -0.4 is 10.6 Å². The number of benzene rings is 1. The SMILES string of the molecule is Cc1ccc(C(=O)NCC(F)(F)F)cc1NC(=O)Cc1c(C)nn(C)c1C. The van der Waals surface area contributed by atoms with Crippen LogP contribution in [0.5, 0.6) is 0 Å². The summed E-state index contributed by atoms with van der Waals surface area (Å²) < 4.78 is 38.4. The predicted molar refractivity (Wildman–Crippen MR) is 94.6 cm³/mol. The molecule has 2 aromatic rings. The highest BCUT2D eigenvalue weighted by molar-refractivity contribution is 5.98. The van der Waals surface area contributed by atoms with Crippen LogP contribution in [0.25, 0.3) is 0 Å². The summed E-state index contributed by atoms with van der Waals surface area (Å²) in [5.41, 5.74) is 3.54. The second kappa shape index (κ2) is 7.81. The molecular weight excluding hydrogens is 361 g/mol. The van der Waals surface area contributed by atoms with Gasteiger partial charge in [-0.05, 0) is 38.5 Å². The second-order valence-electron chi connectivity index (χ2n) is 6.33. The van der Waals surface area contributed by atoms with Crippen molar-refractivity contribution in [1.82, 2.24) is 15.1 Å². The molecule has 0 unspecified atom stereocenters. The third-order valence-electron chi connectivity index (χ3n) is 4.22. The Labute approximate surface area is 154 Å². The van der Waals surface area contributed by atoms with Gasteiger partial charge in [0.15, 0.2) is 0 Å². The fraction of sp³-hybridized carbons (Fsp3) is 0.389. The Balaban J connectivity index is 2.11. The van der Waals surface area contributed by atoms with Gasteiger partial charge in [-0.25, -0.2) is 0 Å². The van der Waals surface area contributed by atoms with E-state index in [2.05, 4.69) is 10.4 Å². The third kappa shape index (κ3) is 5.32. The Morgan fingerprint density at radius 2 is 1.85 bits per heavy atom. The van der Waals surface area contributed by atoms with E-state index >= 15 is 0 Å². The number of hydrogen-bond acceptors (Lipinski definition) is 3. The van der Waals surface area contributed by atoms with Crippen molar-refractivity contribution in [2.45, 2.75) is 33.4 Å². The predicted octanol–water partition coefficient (Wildman–Crippen LogP) is 2.82. The molecule has 0 aliphatic rings. The van der Waals surface area contributed by atoms with Crippen molar-refractivity contribution in [2.75, 3.05) is 11.9 Å². The van der Waals surface area contributed by atoms with Gasteiger partial charge < -0.3 is 10.6 Å². The molecule has 0 aliphatic carbocycles. The number of hydrogen-bond donors (Lipinski definition) is 2. The zero-order chi connectivity index (χ0) is 20.4. The van der Waals surface area contributed by atoms with Crippen LogP contribution in [0.3, 0.4) is 0 Å². The molecule has 0 radical (unpaired) electrons. The quantitative estimate of drug-likeness (QED) is 0.835. The average Bonchev–Trinajstić information content (AvgIpc) is 2.80. The molecule has 146 valence electrons. The molecule has 27 heavy (non-hydrogen) atoms. The van der Waals surface area contributed by atoms with E-state index in [1.165, 1.54) is 12.1 Å². The smallest absolute Gasteiger partial charge is 0.343 e. The maximum atomic E-state index is 12.4. The maximum absolute atomic E-state index is 12.4. The molecule has 2 amide bonds. The molecular formula is C18H21F3N4O2. The number of carbonyl (C=O) groups is 2. The largest absolute Gasteiger partial charge is 0.405 e. The summed E-state index contributed by atoms with van der Waals surface area (Å²) in [7, 11) is 1.79. The minimum atomic E-state index is -4.49. The zero-order valence-electron chi connectivity index (χ0n) is 15.5. The summed E-state index contributed by atoms with van der Waals surface area (Å²) in [5, 5.41) is 8.78. The minimum absolute atomic E-state index is 0.0360. The summed E-state index contributed by atoms with van der Waals surface area (Å²) in [6.07, 6.45) is -4.38. The maximum Gasteiger partial charge on any atom is 0.405 e. The Morgan fingerprint density at radius 1 is 1.19 bits per heavy atom. The average molecular weight is 382 g/mol. The molecule has 9 heteroatoms. The molecule has 1 heterocycles. The van der Waals surface area contributed by atoms with E-state index in [0.717, 1.165) is 17.0 Å². The van der Waals surface area contributed by atoms with Crippen LogP contribution >= 0.6 is 0 Å². The van der Waals surface area contributed by atoms with Crippen molar-refractivity contribution < 1.29 is 22.8 Å². The van der Waals surface area contributed by atoms with Crippen LogP contribution in [-0.2, 0) is 18.3 Å². The molecule has 0 spiro atoms. The first-order valence-electron chi connectivity index (χ1n) is 8.22. The van der Waals surface area contributed by atoms with E-state index in [0.29, 0.717) is 11.3 Å². The Hall–Kier alpha value is -2.84. The number of anilines is 1. The molecule has 0 saturated carbocycles. The molecule has 1 aromatic carbocycles. The summed E-state index contributed by atoms with van der Waals surface area (Å²) in [5.74, 6) is -1.16. The molecule has 0 bridgehead atoms. The topological polar surface area (TPSA) is 76.0 Å². The van der Waals surface area contributed by atoms with Crippen molar-refractivity contribution >= 4 is 17.5 Å². The lowest BCUT2D eigenvalue weighted by Gasteiger charge is -2.12. The minimum Gasteiger partial charge on any atom is -0.343 e.